The highest BCUT2D eigenvalue weighted by atomic mass is 32.1. The van der Waals surface area contributed by atoms with E-state index in [1.807, 2.05) is 11.4 Å². The number of rotatable bonds is 3. The molecular weight excluding hydrogens is 234 g/mol. The largest absolute Gasteiger partial charge is 0.299 e. The predicted molar refractivity (Wildman–Crippen MR) is 69.7 cm³/mol. The Morgan fingerprint density at radius 2 is 2.06 bits per heavy atom. The first-order valence-electron chi connectivity index (χ1n) is 6.11. The number of carbonyl (C=O) groups is 1. The third-order valence-corrected chi connectivity index (χ3v) is 4.13. The summed E-state index contributed by atoms with van der Waals surface area (Å²) in [5.41, 5.74) is 3.31. The zero-order chi connectivity index (χ0) is 12.1. The molecule has 0 atom stereocenters. The molecule has 17 heavy (non-hydrogen) atoms. The van der Waals surface area contributed by atoms with Crippen LogP contribution < -0.4 is 11.3 Å². The van der Waals surface area contributed by atoms with Crippen molar-refractivity contribution in [1.82, 2.24) is 10.3 Å². The monoisotopic (exact) mass is 253 g/mol. The molecule has 3 N–H and O–H groups in total. The molecule has 5 heteroatoms. The number of hydrazine groups is 1. The van der Waals surface area contributed by atoms with Crippen molar-refractivity contribution in [3.8, 4) is 0 Å². The van der Waals surface area contributed by atoms with Crippen molar-refractivity contribution in [1.29, 1.82) is 0 Å². The van der Waals surface area contributed by atoms with E-state index < -0.39 is 0 Å². The molecule has 1 amide bonds. The Morgan fingerprint density at radius 1 is 1.35 bits per heavy atom. The first kappa shape index (κ1) is 12.5. The van der Waals surface area contributed by atoms with Crippen LogP contribution in [-0.4, -0.2) is 23.9 Å². The van der Waals surface area contributed by atoms with Crippen molar-refractivity contribution in [2.24, 2.45) is 5.84 Å². The summed E-state index contributed by atoms with van der Waals surface area (Å²) in [6.45, 7) is 3.14. The Morgan fingerprint density at radius 3 is 2.71 bits per heavy atom. The smallest absolute Gasteiger partial charge is 0.275 e. The minimum atomic E-state index is -0.176. The number of hydrogen-bond acceptors (Lipinski definition) is 4. The Kier molecular flexibility index (Phi) is 4.53. The molecule has 1 aliphatic rings. The van der Waals surface area contributed by atoms with Gasteiger partial charge in [-0.2, -0.15) is 0 Å². The number of likely N-dealkylation sites (tertiary alicyclic amines) is 1. The van der Waals surface area contributed by atoms with Gasteiger partial charge in [0.2, 0.25) is 0 Å². The number of amides is 1. The van der Waals surface area contributed by atoms with Crippen molar-refractivity contribution in [2.75, 3.05) is 13.1 Å². The molecule has 1 aliphatic heterocycles. The second-order valence-corrected chi connectivity index (χ2v) is 5.35. The molecule has 4 nitrogen and oxygen atoms in total. The van der Waals surface area contributed by atoms with Crippen LogP contribution in [-0.2, 0) is 6.54 Å². The Bertz CT molecular complexity index is 370. The SMILES string of the molecule is NNC(=O)c1sccc1CN1CCCCCC1. The highest BCUT2D eigenvalue weighted by Crippen LogP contribution is 2.20. The van der Waals surface area contributed by atoms with Crippen LogP contribution in [0.5, 0.6) is 0 Å². The van der Waals surface area contributed by atoms with Gasteiger partial charge in [-0.25, -0.2) is 5.84 Å². The van der Waals surface area contributed by atoms with Crippen molar-refractivity contribution < 1.29 is 4.79 Å². The van der Waals surface area contributed by atoms with Crippen LogP contribution in [0.3, 0.4) is 0 Å². The molecule has 2 rings (SSSR count). The molecule has 0 bridgehead atoms. The highest BCUT2D eigenvalue weighted by molar-refractivity contribution is 7.12. The molecule has 0 radical (unpaired) electrons. The number of nitrogens with one attached hydrogen (secondary N) is 1. The van der Waals surface area contributed by atoms with Crippen molar-refractivity contribution in [3.63, 3.8) is 0 Å². The summed E-state index contributed by atoms with van der Waals surface area (Å²) in [6.07, 6.45) is 5.19. The summed E-state index contributed by atoms with van der Waals surface area (Å²) in [7, 11) is 0. The van der Waals surface area contributed by atoms with Gasteiger partial charge >= 0.3 is 0 Å². The van der Waals surface area contributed by atoms with Gasteiger partial charge in [-0.1, -0.05) is 12.8 Å². The minimum absolute atomic E-state index is 0.176. The van der Waals surface area contributed by atoms with Crippen LogP contribution in [0.1, 0.15) is 40.9 Å². The van der Waals surface area contributed by atoms with Gasteiger partial charge < -0.3 is 0 Å². The van der Waals surface area contributed by atoms with Gasteiger partial charge in [0, 0.05) is 6.54 Å². The molecule has 1 fully saturated rings. The molecule has 1 aromatic heterocycles. The van der Waals surface area contributed by atoms with E-state index >= 15 is 0 Å². The molecule has 1 saturated heterocycles. The molecule has 1 aromatic rings. The molecule has 94 valence electrons. The summed E-state index contributed by atoms with van der Waals surface area (Å²) in [5.74, 6) is 5.01. The van der Waals surface area contributed by atoms with E-state index in [9.17, 15) is 4.79 Å². The first-order chi connectivity index (χ1) is 8.31. The number of nitrogens with two attached hydrogens (primary N) is 1. The summed E-state index contributed by atoms with van der Waals surface area (Å²) < 4.78 is 0. The number of hydrogen-bond donors (Lipinski definition) is 2. The lowest BCUT2D eigenvalue weighted by atomic mass is 10.2. The van der Waals surface area contributed by atoms with Crippen molar-refractivity contribution >= 4 is 17.2 Å². The lowest BCUT2D eigenvalue weighted by Crippen LogP contribution is -2.31. The molecule has 2 heterocycles. The average Bonchev–Trinajstić information content (AvgIpc) is 2.64. The van der Waals surface area contributed by atoms with Crippen molar-refractivity contribution in [3.05, 3.63) is 21.9 Å². The number of nitrogens with zero attached hydrogens (tertiary/aromatic N) is 1. The van der Waals surface area contributed by atoms with Crippen LogP contribution in [0.25, 0.3) is 0 Å². The number of thiophene rings is 1. The fourth-order valence-electron chi connectivity index (χ4n) is 2.26. The molecular formula is C12H19N3OS. The maximum atomic E-state index is 11.6. The molecule has 0 aromatic carbocycles. The van der Waals surface area contributed by atoms with E-state index in [0.717, 1.165) is 30.1 Å². The molecule has 0 spiro atoms. The first-order valence-corrected chi connectivity index (χ1v) is 6.99. The Balaban J connectivity index is 2.02. The van der Waals surface area contributed by atoms with Crippen LogP contribution in [0.15, 0.2) is 11.4 Å². The fraction of sp³-hybridized carbons (Fsp3) is 0.583. The zero-order valence-corrected chi connectivity index (χ0v) is 10.8. The number of carbonyl (C=O) groups excluding carboxylic acids is 1. The second kappa shape index (κ2) is 6.14. The fourth-order valence-corrected chi connectivity index (χ4v) is 3.08. The van der Waals surface area contributed by atoms with Crippen LogP contribution in [0, 0.1) is 0 Å². The van der Waals surface area contributed by atoms with Gasteiger partial charge in [-0.05, 0) is 42.9 Å². The minimum Gasteiger partial charge on any atom is -0.299 e. The second-order valence-electron chi connectivity index (χ2n) is 4.44. The zero-order valence-electron chi connectivity index (χ0n) is 9.95. The van der Waals surface area contributed by atoms with Gasteiger partial charge in [-0.15, -0.1) is 11.3 Å². The van der Waals surface area contributed by atoms with Crippen LogP contribution >= 0.6 is 11.3 Å². The standard InChI is InChI=1S/C12H19N3OS/c13-14-12(16)11-10(5-8-17-11)9-15-6-3-1-2-4-7-15/h5,8H,1-4,6-7,9,13H2,(H,14,16). The van der Waals surface area contributed by atoms with E-state index in [2.05, 4.69) is 10.3 Å². The third-order valence-electron chi connectivity index (χ3n) is 3.18. The topological polar surface area (TPSA) is 58.4 Å². The predicted octanol–water partition coefficient (Wildman–Crippen LogP) is 1.73. The third kappa shape index (κ3) is 3.28. The lowest BCUT2D eigenvalue weighted by molar-refractivity contribution is 0.0956. The Hall–Kier alpha value is -0.910. The van der Waals surface area contributed by atoms with E-state index in [-0.39, 0.29) is 5.91 Å². The van der Waals surface area contributed by atoms with Gasteiger partial charge in [-0.3, -0.25) is 15.1 Å². The maximum absolute atomic E-state index is 11.6. The van der Waals surface area contributed by atoms with Crippen molar-refractivity contribution in [2.45, 2.75) is 32.2 Å². The maximum Gasteiger partial charge on any atom is 0.275 e. The van der Waals surface area contributed by atoms with E-state index in [1.54, 1.807) is 0 Å². The van der Waals surface area contributed by atoms with Gasteiger partial charge in [0.1, 0.15) is 0 Å². The summed E-state index contributed by atoms with van der Waals surface area (Å²) in [6, 6.07) is 2.03. The van der Waals surface area contributed by atoms with Gasteiger partial charge in [0.05, 0.1) is 4.88 Å². The highest BCUT2D eigenvalue weighted by Gasteiger charge is 2.15. The van der Waals surface area contributed by atoms with E-state index in [1.165, 1.54) is 37.0 Å². The molecule has 0 unspecified atom stereocenters. The average molecular weight is 253 g/mol. The summed E-state index contributed by atoms with van der Waals surface area (Å²) in [4.78, 5) is 14.7. The normalized spacial score (nSPS) is 17.7. The molecule has 0 aliphatic carbocycles. The van der Waals surface area contributed by atoms with Gasteiger partial charge in [0.15, 0.2) is 0 Å². The Labute approximate surface area is 106 Å². The lowest BCUT2D eigenvalue weighted by Gasteiger charge is -2.19. The van der Waals surface area contributed by atoms with Crippen LogP contribution in [0.4, 0.5) is 0 Å². The summed E-state index contributed by atoms with van der Waals surface area (Å²) in [5, 5.41) is 1.96. The number of nitrogen functional groups attached to an aromatic ring is 1. The summed E-state index contributed by atoms with van der Waals surface area (Å²) >= 11 is 1.46. The quantitative estimate of drug-likeness (QED) is 0.490. The van der Waals surface area contributed by atoms with E-state index in [0.29, 0.717) is 0 Å². The molecule has 0 saturated carbocycles. The van der Waals surface area contributed by atoms with Gasteiger partial charge in [0.25, 0.3) is 5.91 Å². The van der Waals surface area contributed by atoms with E-state index in [4.69, 9.17) is 5.84 Å². The van der Waals surface area contributed by atoms with Crippen LogP contribution in [0.2, 0.25) is 0 Å².